The van der Waals surface area contributed by atoms with Crippen molar-refractivity contribution in [2.45, 2.75) is 57.8 Å². The molecule has 0 fully saturated rings. The Hall–Kier alpha value is -9.06. The first-order valence-electron chi connectivity index (χ1n) is 29.1. The summed E-state index contributed by atoms with van der Waals surface area (Å²) in [5, 5.41) is 7.59. The summed E-state index contributed by atoms with van der Waals surface area (Å²) in [5.41, 5.74) is 24.6. The van der Waals surface area contributed by atoms with E-state index >= 15 is 0 Å². The number of anilines is 6. The van der Waals surface area contributed by atoms with Crippen molar-refractivity contribution < 1.29 is 0 Å². The van der Waals surface area contributed by atoms with Crippen LogP contribution in [0.4, 0.5) is 34.1 Å². The standard InChI is InChI=1S/C79H58N2S2/c1-77(2)67-22-12-8-18-58(67)63-43-51(29-33-70(63)77)80(53-31-35-75-65(45-53)60-20-10-15-25-73(60)82-75)55-38-50(47-27-28-48-40-62-57-17-7-14-24-69(57)79(5,6)72(62)41-49(48)37-47)39-56(42-55)81(54-32-36-76-66(46-54)61-21-11-16-26-74(61)83-76)52-30-34-71-64(44-52)59-19-9-13-23-68(59)78(71,3)4/h7-46H,1-6H3. The zero-order valence-electron chi connectivity index (χ0n) is 47.3. The normalized spacial score (nSPS) is 14.7. The van der Waals surface area contributed by atoms with E-state index in [1.54, 1.807) is 0 Å². The molecule has 3 aliphatic carbocycles. The van der Waals surface area contributed by atoms with Gasteiger partial charge in [0.25, 0.3) is 0 Å². The van der Waals surface area contributed by atoms with E-state index in [4.69, 9.17) is 0 Å². The van der Waals surface area contributed by atoms with Crippen LogP contribution in [0.15, 0.2) is 243 Å². The summed E-state index contributed by atoms with van der Waals surface area (Å²) >= 11 is 3.74. The molecule has 0 N–H and O–H groups in total. The molecular formula is C79H58N2S2. The molecule has 14 aromatic rings. The second kappa shape index (κ2) is 17.5. The second-order valence-corrected chi connectivity index (χ2v) is 27.1. The molecule has 4 heteroatoms. The van der Waals surface area contributed by atoms with E-state index in [-0.39, 0.29) is 16.2 Å². The van der Waals surface area contributed by atoms with Crippen LogP contribution in [0.3, 0.4) is 0 Å². The van der Waals surface area contributed by atoms with Crippen molar-refractivity contribution in [3.8, 4) is 44.5 Å². The molecule has 396 valence electrons. The van der Waals surface area contributed by atoms with Gasteiger partial charge in [-0.15, -0.1) is 22.7 Å². The molecule has 0 saturated carbocycles. The molecule has 3 aliphatic rings. The van der Waals surface area contributed by atoms with Crippen LogP contribution in [-0.2, 0) is 16.2 Å². The van der Waals surface area contributed by atoms with Crippen molar-refractivity contribution in [2.75, 3.05) is 9.80 Å². The van der Waals surface area contributed by atoms with Crippen molar-refractivity contribution in [1.82, 2.24) is 0 Å². The minimum atomic E-state index is -0.133. The van der Waals surface area contributed by atoms with Gasteiger partial charge in [-0.2, -0.15) is 0 Å². The second-order valence-electron chi connectivity index (χ2n) is 24.9. The predicted octanol–water partition coefficient (Wildman–Crippen LogP) is 23.1. The van der Waals surface area contributed by atoms with Gasteiger partial charge in [-0.05, 0) is 198 Å². The number of fused-ring (bicyclic) bond motifs is 16. The van der Waals surface area contributed by atoms with E-state index in [2.05, 4.69) is 294 Å². The van der Waals surface area contributed by atoms with E-state index in [9.17, 15) is 0 Å². The summed E-state index contributed by atoms with van der Waals surface area (Å²) in [7, 11) is 0. The third kappa shape index (κ3) is 7.13. The lowest BCUT2D eigenvalue weighted by Gasteiger charge is -2.31. The lowest BCUT2D eigenvalue weighted by Crippen LogP contribution is -2.16. The van der Waals surface area contributed by atoms with Crippen LogP contribution in [-0.4, -0.2) is 0 Å². The van der Waals surface area contributed by atoms with Gasteiger partial charge in [-0.3, -0.25) is 0 Å². The van der Waals surface area contributed by atoms with Gasteiger partial charge in [0.1, 0.15) is 0 Å². The number of thiophene rings is 2. The molecule has 0 spiro atoms. The zero-order valence-corrected chi connectivity index (χ0v) is 48.9. The molecule has 83 heavy (non-hydrogen) atoms. The van der Waals surface area contributed by atoms with Gasteiger partial charge in [0.2, 0.25) is 0 Å². The Kier molecular flexibility index (Phi) is 10.2. The third-order valence-corrected chi connectivity index (χ3v) is 21.5. The maximum atomic E-state index is 2.54. The van der Waals surface area contributed by atoms with E-state index in [1.807, 2.05) is 22.7 Å². The molecule has 2 nitrogen and oxygen atoms in total. The van der Waals surface area contributed by atoms with Gasteiger partial charge in [0, 0.05) is 90.7 Å². The van der Waals surface area contributed by atoms with Gasteiger partial charge in [0.15, 0.2) is 0 Å². The molecule has 0 radical (unpaired) electrons. The Bertz CT molecular complexity index is 4860. The summed E-state index contributed by atoms with van der Waals surface area (Å²) in [6.45, 7) is 14.3. The highest BCUT2D eigenvalue weighted by Crippen LogP contribution is 2.55. The quantitative estimate of drug-likeness (QED) is 0.157. The van der Waals surface area contributed by atoms with Crippen LogP contribution in [0.25, 0.3) is 95.6 Å². The van der Waals surface area contributed by atoms with Gasteiger partial charge in [0.05, 0.1) is 0 Å². The summed E-state index contributed by atoms with van der Waals surface area (Å²) in [6.07, 6.45) is 0. The molecule has 2 heterocycles. The van der Waals surface area contributed by atoms with Gasteiger partial charge in [-0.1, -0.05) is 175 Å². The minimum absolute atomic E-state index is 0.120. The fourth-order valence-corrected chi connectivity index (χ4v) is 17.1. The zero-order chi connectivity index (χ0) is 55.7. The highest BCUT2D eigenvalue weighted by atomic mass is 32.1. The Morgan fingerprint density at radius 2 is 0.639 bits per heavy atom. The van der Waals surface area contributed by atoms with Crippen molar-refractivity contribution in [3.63, 3.8) is 0 Å². The number of benzene rings is 12. The lowest BCUT2D eigenvalue weighted by molar-refractivity contribution is 0.660. The molecular weight excluding hydrogens is 1040 g/mol. The number of hydrogen-bond donors (Lipinski definition) is 0. The molecule has 2 aromatic heterocycles. The fraction of sp³-hybridized carbons (Fsp3) is 0.114. The predicted molar refractivity (Wildman–Crippen MR) is 357 cm³/mol. The highest BCUT2D eigenvalue weighted by Gasteiger charge is 2.38. The maximum absolute atomic E-state index is 2.54. The average Bonchev–Trinajstić information content (AvgIpc) is 2.16. The Labute approximate surface area is 492 Å². The van der Waals surface area contributed by atoms with E-state index in [0.29, 0.717) is 0 Å². The van der Waals surface area contributed by atoms with Crippen LogP contribution in [0.2, 0.25) is 0 Å². The molecule has 0 aliphatic heterocycles. The number of hydrogen-bond acceptors (Lipinski definition) is 4. The van der Waals surface area contributed by atoms with Crippen LogP contribution in [0.1, 0.15) is 74.9 Å². The Morgan fingerprint density at radius 3 is 1.14 bits per heavy atom. The van der Waals surface area contributed by atoms with Crippen LogP contribution < -0.4 is 9.80 Å². The summed E-state index contributed by atoms with van der Waals surface area (Å²) in [5.74, 6) is 0. The van der Waals surface area contributed by atoms with Crippen molar-refractivity contribution in [1.29, 1.82) is 0 Å². The molecule has 0 atom stereocenters. The van der Waals surface area contributed by atoms with E-state index < -0.39 is 0 Å². The lowest BCUT2D eigenvalue weighted by atomic mass is 9.82. The summed E-state index contributed by atoms with van der Waals surface area (Å²) in [6, 6.07) is 92.9. The number of nitrogens with zero attached hydrogens (tertiary/aromatic N) is 2. The van der Waals surface area contributed by atoms with Gasteiger partial charge in [-0.25, -0.2) is 0 Å². The van der Waals surface area contributed by atoms with Crippen molar-refractivity contribution in [3.05, 3.63) is 276 Å². The van der Waals surface area contributed by atoms with E-state index in [0.717, 1.165) is 39.7 Å². The average molecular weight is 1100 g/mol. The van der Waals surface area contributed by atoms with Crippen molar-refractivity contribution >= 4 is 108 Å². The van der Waals surface area contributed by atoms with E-state index in [1.165, 1.54) is 123 Å². The first-order chi connectivity index (χ1) is 40.4. The molecule has 17 rings (SSSR count). The smallest absolute Gasteiger partial charge is 0.0488 e. The fourth-order valence-electron chi connectivity index (χ4n) is 14.9. The largest absolute Gasteiger partial charge is 0.310 e. The number of rotatable bonds is 7. The van der Waals surface area contributed by atoms with Crippen molar-refractivity contribution in [2.24, 2.45) is 0 Å². The van der Waals surface area contributed by atoms with Crippen LogP contribution in [0.5, 0.6) is 0 Å². The first kappa shape index (κ1) is 48.6. The molecule has 0 amide bonds. The van der Waals surface area contributed by atoms with Gasteiger partial charge >= 0.3 is 0 Å². The van der Waals surface area contributed by atoms with Gasteiger partial charge < -0.3 is 9.80 Å². The topological polar surface area (TPSA) is 6.48 Å². The maximum Gasteiger partial charge on any atom is 0.0488 e. The molecule has 0 saturated heterocycles. The monoisotopic (exact) mass is 1100 g/mol. The Balaban J connectivity index is 0.947. The third-order valence-electron chi connectivity index (χ3n) is 19.2. The minimum Gasteiger partial charge on any atom is -0.310 e. The summed E-state index contributed by atoms with van der Waals surface area (Å²) in [4.78, 5) is 5.08. The first-order valence-corrected chi connectivity index (χ1v) is 30.8. The summed E-state index contributed by atoms with van der Waals surface area (Å²) < 4.78 is 5.17. The Morgan fingerprint density at radius 1 is 0.241 bits per heavy atom. The molecule has 12 aromatic carbocycles. The molecule has 0 bridgehead atoms. The molecule has 0 unspecified atom stereocenters. The SMILES string of the molecule is CC1(C)c2ccccc2-c2cc(N(c3cc(-c4ccc5cc6c(cc5c4)C(C)(C)c4ccccc4-6)cc(N(c4ccc5c(c4)-c4ccccc4C5(C)C)c4ccc5sc6ccccc6c5c4)c3)c3ccc4sc5ccccc5c4c3)ccc21. The highest BCUT2D eigenvalue weighted by molar-refractivity contribution is 7.26. The van der Waals surface area contributed by atoms with Crippen LogP contribution in [0, 0.1) is 0 Å². The van der Waals surface area contributed by atoms with Crippen LogP contribution >= 0.6 is 22.7 Å².